The first-order valence-electron chi connectivity index (χ1n) is 11.9. The minimum Gasteiger partial charge on any atom is -0.341 e. The highest BCUT2D eigenvalue weighted by Crippen LogP contribution is 2.27. The number of sulfonamides is 1. The van der Waals surface area contributed by atoms with Crippen molar-refractivity contribution in [2.45, 2.75) is 50.1 Å². The van der Waals surface area contributed by atoms with Crippen LogP contribution in [0.1, 0.15) is 44.7 Å². The first-order valence-corrected chi connectivity index (χ1v) is 13.4. The summed E-state index contributed by atoms with van der Waals surface area (Å²) in [5, 5.41) is 0. The lowest BCUT2D eigenvalue weighted by Crippen LogP contribution is -2.45. The lowest BCUT2D eigenvalue weighted by molar-refractivity contribution is -0.134. The fourth-order valence-corrected chi connectivity index (χ4v) is 6.27. The molecule has 2 aliphatic heterocycles. The normalized spacial score (nSPS) is 19.7. The van der Waals surface area contributed by atoms with Gasteiger partial charge >= 0.3 is 5.69 Å². The van der Waals surface area contributed by atoms with Gasteiger partial charge in [-0.2, -0.15) is 0 Å². The number of benzene rings is 2. The fraction of sp³-hybridized carbons (Fsp3) is 0.400. The summed E-state index contributed by atoms with van der Waals surface area (Å²) in [5.74, 6) is 0.309. The standard InChI is InChI=1S/C25H29N5O4S/c1-16(2)15-20(26-23-18-7-3-6-10-22(18)35(33,34)28-23)24(31)29-13-11-17(12-14-29)30-21-9-5-4-8-19(21)27-25(30)32/h3-10,16-17,20H,11-15H2,1-2H3,(H,26,28)(H,27,32). The van der Waals surface area contributed by atoms with Gasteiger partial charge in [-0.1, -0.05) is 38.1 Å². The van der Waals surface area contributed by atoms with E-state index in [1.54, 1.807) is 27.7 Å². The van der Waals surface area contributed by atoms with Gasteiger partial charge in [0.15, 0.2) is 0 Å². The first kappa shape index (κ1) is 23.3. The Labute approximate surface area is 203 Å². The van der Waals surface area contributed by atoms with Gasteiger partial charge in [0.25, 0.3) is 10.0 Å². The number of nitrogens with zero attached hydrogens (tertiary/aromatic N) is 3. The maximum absolute atomic E-state index is 13.5. The largest absolute Gasteiger partial charge is 0.341 e. The van der Waals surface area contributed by atoms with Gasteiger partial charge in [-0.25, -0.2) is 13.2 Å². The molecule has 1 aromatic heterocycles. The number of carbonyl (C=O) groups excluding carboxylic acids is 1. The number of aromatic amines is 1. The summed E-state index contributed by atoms with van der Waals surface area (Å²) in [7, 11) is -3.67. The molecule has 0 bridgehead atoms. The van der Waals surface area contributed by atoms with E-state index in [1.807, 2.05) is 38.1 Å². The molecule has 1 saturated heterocycles. The minimum atomic E-state index is -3.67. The van der Waals surface area contributed by atoms with Crippen molar-refractivity contribution in [3.05, 3.63) is 64.6 Å². The second-order valence-electron chi connectivity index (χ2n) is 9.60. The summed E-state index contributed by atoms with van der Waals surface area (Å²) in [6, 6.07) is 13.6. The molecule has 184 valence electrons. The number of para-hydroxylation sites is 2. The van der Waals surface area contributed by atoms with Crippen molar-refractivity contribution >= 4 is 32.8 Å². The van der Waals surface area contributed by atoms with Gasteiger partial charge in [0, 0.05) is 24.7 Å². The molecular formula is C25H29N5O4S. The number of H-pyrrole nitrogens is 1. The SMILES string of the molecule is CC(C)CC(N=C1NS(=O)(=O)c2ccccc21)C(=O)N1CCC(n2c(=O)[nH]c3ccccc32)CC1. The monoisotopic (exact) mass is 495 g/mol. The van der Waals surface area contributed by atoms with Crippen LogP contribution in [0.5, 0.6) is 0 Å². The van der Waals surface area contributed by atoms with Crippen molar-refractivity contribution in [1.82, 2.24) is 19.2 Å². The average molecular weight is 496 g/mol. The van der Waals surface area contributed by atoms with Gasteiger partial charge < -0.3 is 9.88 Å². The predicted octanol–water partition coefficient (Wildman–Crippen LogP) is 2.65. The van der Waals surface area contributed by atoms with E-state index in [4.69, 9.17) is 0 Å². The van der Waals surface area contributed by atoms with Crippen molar-refractivity contribution in [2.75, 3.05) is 13.1 Å². The molecule has 0 aliphatic carbocycles. The number of hydrogen-bond acceptors (Lipinski definition) is 5. The number of nitrogens with one attached hydrogen (secondary N) is 2. The summed E-state index contributed by atoms with van der Waals surface area (Å²) in [6.45, 7) is 5.06. The Balaban J connectivity index is 1.36. The van der Waals surface area contributed by atoms with E-state index in [9.17, 15) is 18.0 Å². The fourth-order valence-electron chi connectivity index (χ4n) is 5.03. The lowest BCUT2D eigenvalue weighted by atomic mass is 9.99. The van der Waals surface area contributed by atoms with E-state index in [0.717, 1.165) is 11.0 Å². The highest BCUT2D eigenvalue weighted by molar-refractivity contribution is 7.90. The van der Waals surface area contributed by atoms with Gasteiger partial charge in [0.2, 0.25) is 5.91 Å². The minimum absolute atomic E-state index is 0.00563. The molecule has 2 aromatic carbocycles. The second kappa shape index (κ2) is 8.99. The number of imidazole rings is 1. The van der Waals surface area contributed by atoms with Crippen LogP contribution in [-0.2, 0) is 14.8 Å². The molecule has 1 amide bonds. The maximum atomic E-state index is 13.5. The van der Waals surface area contributed by atoms with E-state index in [0.29, 0.717) is 37.9 Å². The van der Waals surface area contributed by atoms with E-state index >= 15 is 0 Å². The molecule has 1 atom stereocenters. The third-order valence-corrected chi connectivity index (χ3v) is 8.09. The maximum Gasteiger partial charge on any atom is 0.326 e. The number of piperidine rings is 1. The van der Waals surface area contributed by atoms with Crippen LogP contribution in [0.4, 0.5) is 0 Å². The van der Waals surface area contributed by atoms with Crippen LogP contribution < -0.4 is 10.4 Å². The Morgan fingerprint density at radius 1 is 1.09 bits per heavy atom. The topological polar surface area (TPSA) is 117 Å². The third-order valence-electron chi connectivity index (χ3n) is 6.69. The molecule has 5 rings (SSSR count). The lowest BCUT2D eigenvalue weighted by Gasteiger charge is -2.34. The molecule has 0 spiro atoms. The molecular weight excluding hydrogens is 466 g/mol. The van der Waals surface area contributed by atoms with Crippen LogP contribution in [0.15, 0.2) is 63.2 Å². The summed E-state index contributed by atoms with van der Waals surface area (Å²) >= 11 is 0. The van der Waals surface area contributed by atoms with Gasteiger partial charge in [-0.05, 0) is 49.4 Å². The summed E-state index contributed by atoms with van der Waals surface area (Å²) in [6.07, 6.45) is 1.83. The van der Waals surface area contributed by atoms with Crippen molar-refractivity contribution in [3.8, 4) is 0 Å². The molecule has 3 heterocycles. The zero-order valence-electron chi connectivity index (χ0n) is 19.8. The highest BCUT2D eigenvalue weighted by Gasteiger charge is 2.34. The number of carbonyl (C=O) groups is 1. The third kappa shape index (κ3) is 4.38. The molecule has 3 aromatic rings. The number of aliphatic imine (C=N–C) groups is 1. The Morgan fingerprint density at radius 3 is 2.51 bits per heavy atom. The first-order chi connectivity index (χ1) is 16.7. The summed E-state index contributed by atoms with van der Waals surface area (Å²) < 4.78 is 29.3. The predicted molar refractivity (Wildman–Crippen MR) is 134 cm³/mol. The Kier molecular flexibility index (Phi) is 6.00. The van der Waals surface area contributed by atoms with Crippen molar-refractivity contribution < 1.29 is 13.2 Å². The second-order valence-corrected chi connectivity index (χ2v) is 11.2. The van der Waals surface area contributed by atoms with Gasteiger partial charge in [0.1, 0.15) is 11.9 Å². The number of amides is 1. The molecule has 1 unspecified atom stereocenters. The van der Waals surface area contributed by atoms with E-state index in [2.05, 4.69) is 14.7 Å². The number of rotatable bonds is 5. The Hall–Kier alpha value is -3.40. The number of aromatic nitrogens is 2. The smallest absolute Gasteiger partial charge is 0.326 e. The van der Waals surface area contributed by atoms with Crippen LogP contribution in [0, 0.1) is 5.92 Å². The number of hydrogen-bond donors (Lipinski definition) is 2. The highest BCUT2D eigenvalue weighted by atomic mass is 32.2. The van der Waals surface area contributed by atoms with E-state index in [-0.39, 0.29) is 34.3 Å². The summed E-state index contributed by atoms with van der Waals surface area (Å²) in [5.41, 5.74) is 2.04. The summed E-state index contributed by atoms with van der Waals surface area (Å²) in [4.78, 5) is 35.6. The van der Waals surface area contributed by atoms with Crippen LogP contribution in [0.2, 0.25) is 0 Å². The van der Waals surface area contributed by atoms with Crippen LogP contribution in [0.3, 0.4) is 0 Å². The van der Waals surface area contributed by atoms with Gasteiger partial charge in [-0.3, -0.25) is 19.1 Å². The number of fused-ring (bicyclic) bond motifs is 2. The molecule has 10 heteroatoms. The van der Waals surface area contributed by atoms with Crippen molar-refractivity contribution in [3.63, 3.8) is 0 Å². The van der Waals surface area contributed by atoms with Gasteiger partial charge in [0.05, 0.1) is 15.9 Å². The molecule has 0 radical (unpaired) electrons. The number of likely N-dealkylation sites (tertiary alicyclic amines) is 1. The average Bonchev–Trinajstić information content (AvgIpc) is 3.30. The van der Waals surface area contributed by atoms with Crippen molar-refractivity contribution in [2.24, 2.45) is 10.9 Å². The zero-order chi connectivity index (χ0) is 24.7. The Morgan fingerprint density at radius 2 is 1.77 bits per heavy atom. The van der Waals surface area contributed by atoms with E-state index < -0.39 is 16.1 Å². The quantitative estimate of drug-likeness (QED) is 0.566. The molecule has 0 saturated carbocycles. The molecule has 35 heavy (non-hydrogen) atoms. The molecule has 1 fully saturated rings. The molecule has 2 N–H and O–H groups in total. The van der Waals surface area contributed by atoms with Gasteiger partial charge in [-0.15, -0.1) is 0 Å². The molecule has 9 nitrogen and oxygen atoms in total. The number of amidine groups is 1. The van der Waals surface area contributed by atoms with Crippen LogP contribution in [-0.4, -0.2) is 53.7 Å². The van der Waals surface area contributed by atoms with Crippen LogP contribution in [0.25, 0.3) is 11.0 Å². The Bertz CT molecular complexity index is 1460. The van der Waals surface area contributed by atoms with Crippen LogP contribution >= 0.6 is 0 Å². The zero-order valence-corrected chi connectivity index (χ0v) is 20.6. The van der Waals surface area contributed by atoms with Crippen molar-refractivity contribution in [1.29, 1.82) is 0 Å². The van der Waals surface area contributed by atoms with E-state index in [1.165, 1.54) is 6.07 Å². The molecule has 2 aliphatic rings.